The van der Waals surface area contributed by atoms with Crippen LogP contribution in [0.4, 0.5) is 17.1 Å². The van der Waals surface area contributed by atoms with Crippen LogP contribution in [0.15, 0.2) is 146 Å². The van der Waals surface area contributed by atoms with Gasteiger partial charge in [-0.15, -0.1) is 0 Å². The highest BCUT2D eigenvalue weighted by Gasteiger charge is 2.17. The van der Waals surface area contributed by atoms with Crippen molar-refractivity contribution in [2.24, 2.45) is 0 Å². The van der Waals surface area contributed by atoms with Crippen molar-refractivity contribution in [2.45, 2.75) is 33.1 Å². The van der Waals surface area contributed by atoms with Crippen LogP contribution in [-0.2, 0) is 6.42 Å². The van der Waals surface area contributed by atoms with Gasteiger partial charge in [0.2, 0.25) is 0 Å². The van der Waals surface area contributed by atoms with Gasteiger partial charge in [-0.05, 0) is 97.1 Å². The second-order valence-corrected chi connectivity index (χ2v) is 11.8. The number of hydrogen-bond donors (Lipinski definition) is 0. The maximum atomic E-state index is 2.36. The Morgan fingerprint density at radius 3 is 1.98 bits per heavy atom. The van der Waals surface area contributed by atoms with E-state index in [1.54, 1.807) is 0 Å². The lowest BCUT2D eigenvalue weighted by atomic mass is 10.0. The van der Waals surface area contributed by atoms with Crippen molar-refractivity contribution < 1.29 is 0 Å². The first-order valence-corrected chi connectivity index (χ1v) is 16.0. The number of aryl methyl sites for hydroxylation is 2. The van der Waals surface area contributed by atoms with E-state index in [-0.39, 0.29) is 0 Å². The minimum absolute atomic E-state index is 1.13. The van der Waals surface area contributed by atoms with Crippen molar-refractivity contribution in [3.05, 3.63) is 168 Å². The summed E-state index contributed by atoms with van der Waals surface area (Å²) in [5.74, 6) is 0. The summed E-state index contributed by atoms with van der Waals surface area (Å²) in [6.45, 7) is 4.44. The lowest BCUT2D eigenvalue weighted by molar-refractivity contribution is 0.794. The number of nitrogens with zero attached hydrogens (tertiary/aromatic N) is 2. The topological polar surface area (TPSA) is 8.17 Å². The Morgan fingerprint density at radius 2 is 1.20 bits per heavy atom. The average Bonchev–Trinajstić information content (AvgIpc) is 3.41. The van der Waals surface area contributed by atoms with Gasteiger partial charge in [0.25, 0.3) is 0 Å². The molecular formula is C43H38N2. The molecule has 2 heteroatoms. The first-order chi connectivity index (χ1) is 22.2. The van der Waals surface area contributed by atoms with Crippen molar-refractivity contribution in [3.8, 4) is 5.69 Å². The Labute approximate surface area is 266 Å². The van der Waals surface area contributed by atoms with E-state index < -0.39 is 0 Å². The number of hydrogen-bond acceptors (Lipinski definition) is 1. The molecule has 0 saturated carbocycles. The molecule has 0 spiro atoms. The van der Waals surface area contributed by atoms with E-state index in [0.717, 1.165) is 23.5 Å². The molecule has 0 saturated heterocycles. The molecule has 0 aliphatic heterocycles. The summed E-state index contributed by atoms with van der Waals surface area (Å²) in [6.07, 6.45) is 8.05. The molecule has 0 aliphatic carbocycles. The molecule has 0 amide bonds. The fourth-order valence-corrected chi connectivity index (χ4v) is 6.42. The summed E-state index contributed by atoms with van der Waals surface area (Å²) in [5.41, 5.74) is 12.2. The number of anilines is 3. The molecule has 0 unspecified atom stereocenters. The predicted octanol–water partition coefficient (Wildman–Crippen LogP) is 12.1. The van der Waals surface area contributed by atoms with Crippen LogP contribution in [0, 0.1) is 6.92 Å². The molecule has 7 aromatic rings. The van der Waals surface area contributed by atoms with E-state index in [2.05, 4.69) is 181 Å². The zero-order valence-corrected chi connectivity index (χ0v) is 26.0. The van der Waals surface area contributed by atoms with Gasteiger partial charge in [0.05, 0.1) is 11.0 Å². The predicted molar refractivity (Wildman–Crippen MR) is 194 cm³/mol. The number of benzene rings is 6. The molecule has 6 aromatic carbocycles. The van der Waals surface area contributed by atoms with Gasteiger partial charge in [-0.1, -0.05) is 116 Å². The standard InChI is InChI=1S/C43H38N2/c1-3-4-13-34-28-32(2)29-35(30-34)21-20-33-22-24-38(25-23-33)44(36-14-7-5-8-15-36)39-26-27-43-41(31-39)40-18-11-12-19-42(40)45(43)37-16-9-6-10-17-37/h5-12,14-31H,3-4,13H2,1-2H3/b21-20+. The van der Waals surface area contributed by atoms with Crippen LogP contribution in [0.25, 0.3) is 39.6 Å². The zero-order chi connectivity index (χ0) is 30.6. The van der Waals surface area contributed by atoms with Gasteiger partial charge < -0.3 is 9.47 Å². The van der Waals surface area contributed by atoms with Gasteiger partial charge >= 0.3 is 0 Å². The summed E-state index contributed by atoms with van der Waals surface area (Å²) in [4.78, 5) is 2.35. The normalized spacial score (nSPS) is 11.5. The molecule has 0 radical (unpaired) electrons. The highest BCUT2D eigenvalue weighted by molar-refractivity contribution is 6.10. The van der Waals surface area contributed by atoms with E-state index in [0.29, 0.717) is 0 Å². The number of aromatic nitrogens is 1. The smallest absolute Gasteiger partial charge is 0.0542 e. The van der Waals surface area contributed by atoms with Crippen molar-refractivity contribution in [1.29, 1.82) is 0 Å². The molecule has 2 nitrogen and oxygen atoms in total. The summed E-state index contributed by atoms with van der Waals surface area (Å²) >= 11 is 0. The second kappa shape index (κ2) is 12.7. The van der Waals surface area contributed by atoms with Crippen LogP contribution in [0.1, 0.15) is 42.0 Å². The lowest BCUT2D eigenvalue weighted by Gasteiger charge is -2.25. The fourth-order valence-electron chi connectivity index (χ4n) is 6.42. The SMILES string of the molecule is CCCCc1cc(C)cc(/C=C/c2ccc(N(c3ccccc3)c3ccc4c(c3)c3ccccc3n4-c3ccccc3)cc2)c1. The zero-order valence-electron chi connectivity index (χ0n) is 26.0. The number of rotatable bonds is 9. The van der Waals surface area contributed by atoms with Crippen LogP contribution < -0.4 is 4.90 Å². The van der Waals surface area contributed by atoms with Gasteiger partial charge in [0.15, 0.2) is 0 Å². The number of unbranched alkanes of at least 4 members (excludes halogenated alkanes) is 1. The fraction of sp³-hybridized carbons (Fsp3) is 0.116. The van der Waals surface area contributed by atoms with Crippen LogP contribution in [-0.4, -0.2) is 4.57 Å². The minimum atomic E-state index is 1.13. The monoisotopic (exact) mass is 582 g/mol. The van der Waals surface area contributed by atoms with Crippen molar-refractivity contribution >= 4 is 51.0 Å². The molecule has 0 fully saturated rings. The third-order valence-corrected chi connectivity index (χ3v) is 8.54. The molecule has 0 bridgehead atoms. The highest BCUT2D eigenvalue weighted by Crippen LogP contribution is 2.39. The van der Waals surface area contributed by atoms with Crippen LogP contribution in [0.5, 0.6) is 0 Å². The number of fused-ring (bicyclic) bond motifs is 3. The summed E-state index contributed by atoms with van der Waals surface area (Å²) in [6, 6.07) is 52.6. The maximum absolute atomic E-state index is 2.36. The van der Waals surface area contributed by atoms with Crippen molar-refractivity contribution in [1.82, 2.24) is 4.57 Å². The molecular weight excluding hydrogens is 544 g/mol. The molecule has 0 N–H and O–H groups in total. The van der Waals surface area contributed by atoms with Gasteiger partial charge in [0, 0.05) is 33.5 Å². The molecule has 0 aliphatic rings. The van der Waals surface area contributed by atoms with Crippen LogP contribution >= 0.6 is 0 Å². The van der Waals surface area contributed by atoms with Crippen molar-refractivity contribution in [3.63, 3.8) is 0 Å². The van der Waals surface area contributed by atoms with Gasteiger partial charge in [0.1, 0.15) is 0 Å². The van der Waals surface area contributed by atoms with Crippen LogP contribution in [0.3, 0.4) is 0 Å². The number of para-hydroxylation sites is 3. The molecule has 0 atom stereocenters. The molecule has 220 valence electrons. The summed E-state index contributed by atoms with van der Waals surface area (Å²) in [7, 11) is 0. The van der Waals surface area contributed by atoms with E-state index >= 15 is 0 Å². The van der Waals surface area contributed by atoms with E-state index in [1.807, 2.05) is 0 Å². The molecule has 1 aromatic heterocycles. The first kappa shape index (κ1) is 28.4. The van der Waals surface area contributed by atoms with Crippen LogP contribution in [0.2, 0.25) is 0 Å². The molecule has 1 heterocycles. The Bertz CT molecular complexity index is 2080. The van der Waals surface area contributed by atoms with Gasteiger partial charge in [-0.2, -0.15) is 0 Å². The third kappa shape index (κ3) is 5.92. The summed E-state index contributed by atoms with van der Waals surface area (Å²) in [5, 5.41) is 2.49. The largest absolute Gasteiger partial charge is 0.310 e. The molecule has 45 heavy (non-hydrogen) atoms. The molecule has 7 rings (SSSR count). The second-order valence-electron chi connectivity index (χ2n) is 11.8. The van der Waals surface area contributed by atoms with E-state index in [1.165, 1.54) is 62.6 Å². The Kier molecular flexibility index (Phi) is 8.04. The quantitative estimate of drug-likeness (QED) is 0.154. The first-order valence-electron chi connectivity index (χ1n) is 16.0. The minimum Gasteiger partial charge on any atom is -0.310 e. The van der Waals surface area contributed by atoms with Gasteiger partial charge in [-0.25, -0.2) is 0 Å². The average molecular weight is 583 g/mol. The third-order valence-electron chi connectivity index (χ3n) is 8.54. The van der Waals surface area contributed by atoms with Gasteiger partial charge in [-0.3, -0.25) is 0 Å². The Morgan fingerprint density at radius 1 is 0.556 bits per heavy atom. The van der Waals surface area contributed by atoms with E-state index in [9.17, 15) is 0 Å². The highest BCUT2D eigenvalue weighted by atomic mass is 15.1. The van der Waals surface area contributed by atoms with Crippen molar-refractivity contribution in [2.75, 3.05) is 4.90 Å². The lowest BCUT2D eigenvalue weighted by Crippen LogP contribution is -2.09. The summed E-state index contributed by atoms with van der Waals surface area (Å²) < 4.78 is 2.36. The maximum Gasteiger partial charge on any atom is 0.0542 e. The Balaban J connectivity index is 1.26. The Hall–Kier alpha value is -5.34. The van der Waals surface area contributed by atoms with E-state index in [4.69, 9.17) is 0 Å².